The van der Waals surface area contributed by atoms with Crippen LogP contribution in [0.25, 0.3) is 6.08 Å². The largest absolute Gasteiger partial charge is 0.497 e. The van der Waals surface area contributed by atoms with Gasteiger partial charge in [0.2, 0.25) is 5.90 Å². The zero-order chi connectivity index (χ0) is 16.5. The number of nitrogens with one attached hydrogen (secondary N) is 1. The minimum absolute atomic E-state index is 0.0202. The molecule has 120 valence electrons. The van der Waals surface area contributed by atoms with Crippen molar-refractivity contribution in [1.29, 1.82) is 5.26 Å². The number of nitrogens with zero attached hydrogens (tertiary/aromatic N) is 2. The monoisotopic (exact) mass is 313 g/mol. The molecule has 0 spiro atoms. The summed E-state index contributed by atoms with van der Waals surface area (Å²) in [6.07, 6.45) is 5.27. The van der Waals surface area contributed by atoms with Gasteiger partial charge < -0.3 is 9.47 Å². The van der Waals surface area contributed by atoms with Crippen molar-refractivity contribution in [2.45, 2.75) is 25.7 Å². The van der Waals surface area contributed by atoms with Gasteiger partial charge in [-0.15, -0.1) is 5.10 Å². The number of rotatable bonds is 4. The van der Waals surface area contributed by atoms with Crippen LogP contribution in [-0.2, 0) is 9.53 Å². The van der Waals surface area contributed by atoms with Crippen LogP contribution in [0.2, 0.25) is 0 Å². The van der Waals surface area contributed by atoms with Crippen LogP contribution in [0.1, 0.15) is 31.2 Å². The SMILES string of the molecule is COc1ccc(/C=C(\C#N)C(=O)N/N=C2\CCCCCO2)cc1. The molecule has 1 aliphatic rings. The minimum Gasteiger partial charge on any atom is -0.497 e. The molecule has 1 aliphatic heterocycles. The second-order valence-electron chi connectivity index (χ2n) is 5.05. The van der Waals surface area contributed by atoms with Crippen LogP contribution in [0, 0.1) is 11.3 Å². The first kappa shape index (κ1) is 16.6. The fraction of sp³-hybridized carbons (Fsp3) is 0.353. The molecule has 1 fully saturated rings. The summed E-state index contributed by atoms with van der Waals surface area (Å²) in [5, 5.41) is 13.1. The first-order chi connectivity index (χ1) is 11.2. The molecule has 0 aliphatic carbocycles. The van der Waals surface area contributed by atoms with Crippen LogP contribution in [-0.4, -0.2) is 25.5 Å². The van der Waals surface area contributed by atoms with E-state index in [0.717, 1.165) is 24.8 Å². The van der Waals surface area contributed by atoms with Crippen molar-refractivity contribution in [3.63, 3.8) is 0 Å². The lowest BCUT2D eigenvalue weighted by atomic mass is 10.1. The van der Waals surface area contributed by atoms with E-state index in [-0.39, 0.29) is 5.57 Å². The first-order valence-electron chi connectivity index (χ1n) is 7.48. The molecule has 0 saturated carbocycles. The molecule has 6 heteroatoms. The number of ether oxygens (including phenoxy) is 2. The van der Waals surface area contributed by atoms with Gasteiger partial charge in [-0.2, -0.15) is 5.26 Å². The molecule has 0 bridgehead atoms. The number of nitriles is 1. The van der Waals surface area contributed by atoms with Crippen LogP contribution < -0.4 is 10.2 Å². The van der Waals surface area contributed by atoms with Crippen molar-refractivity contribution >= 4 is 17.9 Å². The summed E-state index contributed by atoms with van der Waals surface area (Å²) >= 11 is 0. The van der Waals surface area contributed by atoms with Gasteiger partial charge in [-0.3, -0.25) is 4.79 Å². The highest BCUT2D eigenvalue weighted by atomic mass is 16.5. The summed E-state index contributed by atoms with van der Waals surface area (Å²) in [5.41, 5.74) is 3.09. The Hall–Kier alpha value is -2.81. The quantitative estimate of drug-likeness (QED) is 0.526. The highest BCUT2D eigenvalue weighted by Crippen LogP contribution is 2.14. The van der Waals surface area contributed by atoms with Gasteiger partial charge in [0.05, 0.1) is 13.7 Å². The molecule has 2 rings (SSSR count). The summed E-state index contributed by atoms with van der Waals surface area (Å²) in [7, 11) is 1.58. The molecule has 1 heterocycles. The Labute approximate surface area is 135 Å². The molecule has 1 amide bonds. The average Bonchev–Trinajstić information content (AvgIpc) is 2.87. The third-order valence-electron chi connectivity index (χ3n) is 3.38. The van der Waals surface area contributed by atoms with Crippen LogP contribution in [0.4, 0.5) is 0 Å². The van der Waals surface area contributed by atoms with Crippen molar-refractivity contribution in [2.75, 3.05) is 13.7 Å². The van der Waals surface area contributed by atoms with Gasteiger partial charge in [0.15, 0.2) is 0 Å². The van der Waals surface area contributed by atoms with Gasteiger partial charge >= 0.3 is 0 Å². The summed E-state index contributed by atoms with van der Waals surface area (Å²) < 4.78 is 10.5. The molecule has 6 nitrogen and oxygen atoms in total. The van der Waals surface area contributed by atoms with Crippen LogP contribution >= 0.6 is 0 Å². The van der Waals surface area contributed by atoms with Crippen molar-refractivity contribution in [1.82, 2.24) is 5.43 Å². The highest BCUT2D eigenvalue weighted by Gasteiger charge is 2.11. The van der Waals surface area contributed by atoms with Crippen molar-refractivity contribution in [3.8, 4) is 11.8 Å². The van der Waals surface area contributed by atoms with Gasteiger partial charge in [0.1, 0.15) is 17.4 Å². The number of methoxy groups -OCH3 is 1. The summed E-state index contributed by atoms with van der Waals surface area (Å²) in [4.78, 5) is 12.0. The van der Waals surface area contributed by atoms with Crippen molar-refractivity contribution < 1.29 is 14.3 Å². The van der Waals surface area contributed by atoms with Crippen molar-refractivity contribution in [3.05, 3.63) is 35.4 Å². The first-order valence-corrected chi connectivity index (χ1v) is 7.48. The second kappa shape index (κ2) is 8.59. The minimum atomic E-state index is -0.552. The Kier molecular flexibility index (Phi) is 6.18. The molecule has 1 aromatic carbocycles. The van der Waals surface area contributed by atoms with Gasteiger partial charge in [-0.05, 0) is 43.0 Å². The predicted molar refractivity (Wildman–Crippen MR) is 86.6 cm³/mol. The molecular formula is C17H19N3O3. The second-order valence-corrected chi connectivity index (χ2v) is 5.05. The number of amides is 1. The topological polar surface area (TPSA) is 83.7 Å². The van der Waals surface area contributed by atoms with E-state index in [1.807, 2.05) is 6.07 Å². The summed E-state index contributed by atoms with van der Waals surface area (Å²) in [5.74, 6) is 0.670. The molecule has 0 radical (unpaired) electrons. The Morgan fingerprint density at radius 1 is 1.35 bits per heavy atom. The maximum Gasteiger partial charge on any atom is 0.282 e. The standard InChI is InChI=1S/C17H19N3O3/c1-22-15-8-6-13(7-9-15)11-14(12-18)17(21)20-19-16-5-3-2-4-10-23-16/h6-9,11H,2-5,10H2,1H3,(H,20,21)/b14-11+,19-16+. The van der Waals surface area contributed by atoms with Crippen LogP contribution in [0.3, 0.4) is 0 Å². The van der Waals surface area contributed by atoms with E-state index in [1.165, 1.54) is 6.08 Å². The van der Waals surface area contributed by atoms with Gasteiger partial charge in [0, 0.05) is 6.42 Å². The van der Waals surface area contributed by atoms with E-state index in [1.54, 1.807) is 31.4 Å². The highest BCUT2D eigenvalue weighted by molar-refractivity contribution is 6.02. The Bertz CT molecular complexity index is 632. The van der Waals surface area contributed by atoms with E-state index in [2.05, 4.69) is 10.5 Å². The Morgan fingerprint density at radius 3 is 2.83 bits per heavy atom. The lowest BCUT2D eigenvalue weighted by Crippen LogP contribution is -2.21. The molecular weight excluding hydrogens is 294 g/mol. The lowest BCUT2D eigenvalue weighted by molar-refractivity contribution is -0.117. The maximum absolute atomic E-state index is 12.0. The lowest BCUT2D eigenvalue weighted by Gasteiger charge is -2.05. The Morgan fingerprint density at radius 2 is 2.13 bits per heavy atom. The maximum atomic E-state index is 12.0. The number of hydrogen-bond acceptors (Lipinski definition) is 5. The van der Waals surface area contributed by atoms with Crippen molar-refractivity contribution in [2.24, 2.45) is 5.10 Å². The third-order valence-corrected chi connectivity index (χ3v) is 3.38. The van der Waals surface area contributed by atoms with Crippen LogP contribution in [0.5, 0.6) is 5.75 Å². The smallest absolute Gasteiger partial charge is 0.282 e. The normalized spacial score (nSPS) is 16.9. The van der Waals surface area contributed by atoms with Gasteiger partial charge in [0.25, 0.3) is 5.91 Å². The molecule has 1 N–H and O–H groups in total. The number of benzene rings is 1. The van der Waals surface area contributed by atoms with E-state index in [4.69, 9.17) is 14.7 Å². The predicted octanol–water partition coefficient (Wildman–Crippen LogP) is 2.62. The number of hydrazone groups is 1. The summed E-state index contributed by atoms with van der Waals surface area (Å²) in [6, 6.07) is 8.95. The Balaban J connectivity index is 2.03. The fourth-order valence-electron chi connectivity index (χ4n) is 2.09. The number of carbonyl (C=O) groups is 1. The fourth-order valence-corrected chi connectivity index (χ4v) is 2.09. The summed E-state index contributed by atoms with van der Waals surface area (Å²) in [6.45, 7) is 0.613. The zero-order valence-electron chi connectivity index (χ0n) is 13.0. The van der Waals surface area contributed by atoms with E-state index in [9.17, 15) is 4.79 Å². The number of carbonyl (C=O) groups excluding carboxylic acids is 1. The van der Waals surface area contributed by atoms with E-state index >= 15 is 0 Å². The van der Waals surface area contributed by atoms with Crippen LogP contribution in [0.15, 0.2) is 34.9 Å². The molecule has 0 atom stereocenters. The molecule has 23 heavy (non-hydrogen) atoms. The third kappa shape index (κ3) is 5.15. The van der Waals surface area contributed by atoms with Gasteiger partial charge in [-0.25, -0.2) is 5.43 Å². The average molecular weight is 313 g/mol. The molecule has 0 aromatic heterocycles. The van der Waals surface area contributed by atoms with Gasteiger partial charge in [-0.1, -0.05) is 12.1 Å². The van der Waals surface area contributed by atoms with E-state index < -0.39 is 5.91 Å². The zero-order valence-corrected chi connectivity index (χ0v) is 13.0. The molecule has 0 unspecified atom stereocenters. The molecule has 1 aromatic rings. The number of hydrogen-bond donors (Lipinski definition) is 1. The molecule has 1 saturated heterocycles. The van der Waals surface area contributed by atoms with E-state index in [0.29, 0.717) is 24.7 Å².